The number of likely N-dealkylation sites (N-methyl/N-ethyl adjacent to an activating group) is 1. The number of para-hydroxylation sites is 2. The maximum Gasteiger partial charge on any atom is 0.182 e. The van der Waals surface area contributed by atoms with Crippen LogP contribution in [0.2, 0.25) is 0 Å². The average Bonchev–Trinajstić information content (AvgIpc) is 3.19. The maximum atomic E-state index is 13.2. The average molecular weight is 363 g/mol. The van der Waals surface area contributed by atoms with Gasteiger partial charge in [-0.2, -0.15) is 0 Å². The number of nitrogens with one attached hydrogen (secondary N) is 1. The van der Waals surface area contributed by atoms with E-state index in [-0.39, 0.29) is 11.8 Å². The van der Waals surface area contributed by atoms with E-state index in [0.717, 1.165) is 32.7 Å². The van der Waals surface area contributed by atoms with E-state index in [9.17, 15) is 4.79 Å². The number of carbonyl (C=O) groups is 1. The fourth-order valence-corrected chi connectivity index (χ4v) is 4.37. The molecule has 26 heavy (non-hydrogen) atoms. The van der Waals surface area contributed by atoms with Gasteiger partial charge in [-0.1, -0.05) is 30.3 Å². The monoisotopic (exact) mass is 363 g/mol. The summed E-state index contributed by atoms with van der Waals surface area (Å²) in [5, 5.41) is 2.03. The Morgan fingerprint density at radius 1 is 1.19 bits per heavy atom. The van der Waals surface area contributed by atoms with E-state index in [1.165, 1.54) is 4.70 Å². The second-order valence-corrected chi connectivity index (χ2v) is 7.82. The van der Waals surface area contributed by atoms with Gasteiger partial charge in [0.15, 0.2) is 5.78 Å². The van der Waals surface area contributed by atoms with Gasteiger partial charge in [0.25, 0.3) is 0 Å². The van der Waals surface area contributed by atoms with Crippen molar-refractivity contribution in [3.8, 4) is 0 Å². The third kappa shape index (κ3) is 2.93. The van der Waals surface area contributed by atoms with Crippen LogP contribution in [0, 0.1) is 6.92 Å². The maximum absolute atomic E-state index is 13.2. The van der Waals surface area contributed by atoms with Crippen molar-refractivity contribution in [1.82, 2.24) is 14.9 Å². The van der Waals surface area contributed by atoms with Gasteiger partial charge in [-0.15, -0.1) is 11.3 Å². The molecule has 4 aromatic rings. The summed E-state index contributed by atoms with van der Waals surface area (Å²) < 4.78 is 1.18. The topological polar surface area (TPSA) is 49.0 Å². The van der Waals surface area contributed by atoms with Crippen LogP contribution in [-0.2, 0) is 6.54 Å². The molecule has 0 radical (unpaired) electrons. The molecule has 0 saturated heterocycles. The molecule has 2 aromatic carbocycles. The second-order valence-electron chi connectivity index (χ2n) is 6.70. The summed E-state index contributed by atoms with van der Waals surface area (Å²) in [6.45, 7) is 4.60. The molecule has 0 aliphatic carbocycles. The molecule has 0 bridgehead atoms. The minimum absolute atomic E-state index is 0.142. The van der Waals surface area contributed by atoms with E-state index >= 15 is 0 Å². The molecule has 5 heteroatoms. The van der Waals surface area contributed by atoms with Gasteiger partial charge < -0.3 is 4.98 Å². The number of thiazole rings is 1. The first-order valence-electron chi connectivity index (χ1n) is 8.71. The van der Waals surface area contributed by atoms with Gasteiger partial charge in [0.1, 0.15) is 5.01 Å². The molecule has 2 heterocycles. The Kier molecular flexibility index (Phi) is 4.34. The molecule has 0 unspecified atom stereocenters. The van der Waals surface area contributed by atoms with Gasteiger partial charge in [-0.3, -0.25) is 9.69 Å². The molecular formula is C21H21N3OS. The normalized spacial score (nSPS) is 12.9. The van der Waals surface area contributed by atoms with E-state index in [4.69, 9.17) is 0 Å². The summed E-state index contributed by atoms with van der Waals surface area (Å²) in [5.41, 5.74) is 3.75. The van der Waals surface area contributed by atoms with Gasteiger partial charge in [0.05, 0.1) is 22.8 Å². The molecule has 0 saturated carbocycles. The van der Waals surface area contributed by atoms with Crippen molar-refractivity contribution in [2.45, 2.75) is 26.4 Å². The van der Waals surface area contributed by atoms with Crippen molar-refractivity contribution in [3.05, 3.63) is 64.8 Å². The van der Waals surface area contributed by atoms with Crippen molar-refractivity contribution < 1.29 is 4.79 Å². The third-order valence-electron chi connectivity index (χ3n) is 4.90. The van der Waals surface area contributed by atoms with Crippen LogP contribution >= 0.6 is 11.3 Å². The molecule has 0 fully saturated rings. The summed E-state index contributed by atoms with van der Waals surface area (Å²) in [4.78, 5) is 23.2. The van der Waals surface area contributed by atoms with Crippen LogP contribution in [0.15, 0.2) is 48.5 Å². The lowest BCUT2D eigenvalue weighted by atomic mass is 10.0. The van der Waals surface area contributed by atoms with Crippen LogP contribution in [0.3, 0.4) is 0 Å². The lowest BCUT2D eigenvalue weighted by Gasteiger charge is -2.22. The quantitative estimate of drug-likeness (QED) is 0.519. The van der Waals surface area contributed by atoms with Gasteiger partial charge in [-0.05, 0) is 39.1 Å². The van der Waals surface area contributed by atoms with Crippen LogP contribution in [0.1, 0.15) is 28.0 Å². The molecular weight excluding hydrogens is 342 g/mol. The standard InChI is InChI=1S/C21H21N3OS/c1-13-20(15-8-4-5-9-16(15)22-13)21(25)14(2)24(3)12-19-23-17-10-6-7-11-18(17)26-19/h4-11,14,22H,12H2,1-3H3/t14-/m0/s1. The Hall–Kier alpha value is -2.50. The predicted molar refractivity (Wildman–Crippen MR) is 108 cm³/mol. The lowest BCUT2D eigenvalue weighted by Crippen LogP contribution is -2.35. The molecule has 132 valence electrons. The number of ketones is 1. The molecule has 4 rings (SSSR count). The van der Waals surface area contributed by atoms with Gasteiger partial charge >= 0.3 is 0 Å². The Bertz CT molecular complexity index is 1060. The van der Waals surface area contributed by atoms with Crippen LogP contribution in [0.5, 0.6) is 0 Å². The summed E-state index contributed by atoms with van der Waals surface area (Å²) in [5.74, 6) is 0.142. The lowest BCUT2D eigenvalue weighted by molar-refractivity contribution is 0.0863. The molecule has 1 N–H and O–H groups in total. The summed E-state index contributed by atoms with van der Waals surface area (Å²) >= 11 is 1.69. The zero-order valence-corrected chi connectivity index (χ0v) is 15.9. The van der Waals surface area contributed by atoms with Crippen LogP contribution in [-0.4, -0.2) is 33.7 Å². The zero-order chi connectivity index (χ0) is 18.3. The number of aromatic amines is 1. The molecule has 2 aromatic heterocycles. The van der Waals surface area contributed by atoms with Gasteiger partial charge in [0.2, 0.25) is 0 Å². The number of aryl methyl sites for hydroxylation is 1. The van der Waals surface area contributed by atoms with Crippen molar-refractivity contribution >= 4 is 38.2 Å². The van der Waals surface area contributed by atoms with Crippen LogP contribution in [0.25, 0.3) is 21.1 Å². The number of carbonyl (C=O) groups excluding carboxylic acids is 1. The smallest absolute Gasteiger partial charge is 0.182 e. The first kappa shape index (κ1) is 16.9. The first-order valence-corrected chi connectivity index (χ1v) is 9.52. The number of rotatable bonds is 5. The molecule has 1 atom stereocenters. The summed E-state index contributed by atoms with van der Waals surface area (Å²) in [7, 11) is 1.98. The molecule has 0 aliphatic rings. The van der Waals surface area contributed by atoms with E-state index in [1.54, 1.807) is 11.3 Å². The number of hydrogen-bond acceptors (Lipinski definition) is 4. The Morgan fingerprint density at radius 2 is 1.92 bits per heavy atom. The molecule has 0 amide bonds. The van der Waals surface area contributed by atoms with Crippen molar-refractivity contribution in [2.24, 2.45) is 0 Å². The van der Waals surface area contributed by atoms with Gasteiger partial charge in [0, 0.05) is 22.2 Å². The summed E-state index contributed by atoms with van der Waals surface area (Å²) in [6.07, 6.45) is 0. The highest BCUT2D eigenvalue weighted by molar-refractivity contribution is 7.18. The highest BCUT2D eigenvalue weighted by Crippen LogP contribution is 2.26. The number of H-pyrrole nitrogens is 1. The van der Waals surface area contributed by atoms with Crippen molar-refractivity contribution in [3.63, 3.8) is 0 Å². The van der Waals surface area contributed by atoms with E-state index < -0.39 is 0 Å². The van der Waals surface area contributed by atoms with Crippen LogP contribution in [0.4, 0.5) is 0 Å². The number of Topliss-reactive ketones (excluding diaryl/α,β-unsaturated/α-hetero) is 1. The van der Waals surface area contributed by atoms with E-state index in [0.29, 0.717) is 6.54 Å². The summed E-state index contributed by atoms with van der Waals surface area (Å²) in [6, 6.07) is 15.9. The van der Waals surface area contributed by atoms with Crippen LogP contribution < -0.4 is 0 Å². The van der Waals surface area contributed by atoms with Crippen molar-refractivity contribution in [2.75, 3.05) is 7.05 Å². The first-order chi connectivity index (χ1) is 12.5. The Balaban J connectivity index is 1.58. The zero-order valence-electron chi connectivity index (χ0n) is 15.1. The minimum Gasteiger partial charge on any atom is -0.358 e. The predicted octanol–water partition coefficient (Wildman–Crippen LogP) is 4.79. The highest BCUT2D eigenvalue weighted by Gasteiger charge is 2.25. The molecule has 4 nitrogen and oxygen atoms in total. The molecule has 0 aliphatic heterocycles. The number of nitrogens with zero attached hydrogens (tertiary/aromatic N) is 2. The second kappa shape index (κ2) is 6.67. The number of benzene rings is 2. The number of aromatic nitrogens is 2. The van der Waals surface area contributed by atoms with Crippen molar-refractivity contribution in [1.29, 1.82) is 0 Å². The Morgan fingerprint density at radius 3 is 2.73 bits per heavy atom. The third-order valence-corrected chi connectivity index (χ3v) is 5.92. The van der Waals surface area contributed by atoms with E-state index in [1.807, 2.05) is 63.4 Å². The fourth-order valence-electron chi connectivity index (χ4n) is 3.34. The number of hydrogen-bond donors (Lipinski definition) is 1. The Labute approximate surface area is 156 Å². The molecule has 0 spiro atoms. The number of fused-ring (bicyclic) bond motifs is 2. The fraction of sp³-hybridized carbons (Fsp3) is 0.238. The van der Waals surface area contributed by atoms with Gasteiger partial charge in [-0.25, -0.2) is 4.98 Å². The van der Waals surface area contributed by atoms with E-state index in [2.05, 4.69) is 20.9 Å². The SMILES string of the molecule is Cc1[nH]c2ccccc2c1C(=O)[C@H](C)N(C)Cc1nc2ccccc2s1. The highest BCUT2D eigenvalue weighted by atomic mass is 32.1. The minimum atomic E-state index is -0.222. The largest absolute Gasteiger partial charge is 0.358 e.